The van der Waals surface area contributed by atoms with Crippen LogP contribution in [-0.2, 0) is 10.0 Å². The molecule has 2 aromatic carbocycles. The zero-order valence-corrected chi connectivity index (χ0v) is 17.9. The van der Waals surface area contributed by atoms with Gasteiger partial charge in [-0.05, 0) is 43.2 Å². The summed E-state index contributed by atoms with van der Waals surface area (Å²) >= 11 is 7.48. The lowest BCUT2D eigenvalue weighted by Crippen LogP contribution is -2.28. The van der Waals surface area contributed by atoms with Gasteiger partial charge in [0.2, 0.25) is 10.0 Å². The zero-order chi connectivity index (χ0) is 20.6. The van der Waals surface area contributed by atoms with Crippen LogP contribution in [0.3, 0.4) is 0 Å². The maximum Gasteiger partial charge on any atom is 0.259 e. The third-order valence-electron chi connectivity index (χ3n) is 4.71. The topological polar surface area (TPSA) is 88.6 Å². The third kappa shape index (κ3) is 3.83. The number of methoxy groups -OCH3 is 1. The first-order chi connectivity index (χ1) is 13.9. The summed E-state index contributed by atoms with van der Waals surface area (Å²) in [4.78, 5) is 17.3. The number of carbonyl (C=O) groups excluding carboxylic acids is 1. The summed E-state index contributed by atoms with van der Waals surface area (Å²) in [6.45, 7) is 0.972. The summed E-state index contributed by atoms with van der Waals surface area (Å²) in [6, 6.07) is 9.68. The number of fused-ring (bicyclic) bond motifs is 1. The first-order valence-electron chi connectivity index (χ1n) is 8.95. The van der Waals surface area contributed by atoms with Gasteiger partial charge in [0.1, 0.15) is 11.3 Å². The fraction of sp³-hybridized carbons (Fsp3) is 0.263. The predicted molar refractivity (Wildman–Crippen MR) is 114 cm³/mol. The molecule has 0 unspecified atom stereocenters. The summed E-state index contributed by atoms with van der Waals surface area (Å²) in [5.74, 6) is 0.0856. The molecule has 10 heteroatoms. The van der Waals surface area contributed by atoms with Crippen molar-refractivity contribution >= 4 is 54.2 Å². The van der Waals surface area contributed by atoms with Gasteiger partial charge >= 0.3 is 0 Å². The molecular formula is C19H18ClN3O4S2. The third-order valence-corrected chi connectivity index (χ3v) is 7.87. The van der Waals surface area contributed by atoms with Gasteiger partial charge in [0.25, 0.3) is 5.91 Å². The number of anilines is 1. The number of ether oxygens (including phenoxy) is 1. The minimum atomic E-state index is -3.65. The Kier molecular flexibility index (Phi) is 5.48. The molecule has 2 heterocycles. The minimum Gasteiger partial charge on any atom is -0.494 e. The van der Waals surface area contributed by atoms with E-state index in [0.29, 0.717) is 29.5 Å². The van der Waals surface area contributed by atoms with Gasteiger partial charge in [0, 0.05) is 13.1 Å². The molecule has 1 N–H and O–H groups in total. The van der Waals surface area contributed by atoms with Gasteiger partial charge < -0.3 is 4.74 Å². The Morgan fingerprint density at radius 2 is 2.00 bits per heavy atom. The van der Waals surface area contributed by atoms with Crippen LogP contribution in [0.1, 0.15) is 23.2 Å². The second-order valence-corrected chi connectivity index (χ2v) is 9.91. The standard InChI is InChI=1S/C19H18ClN3O4S2/c1-27-15-5-4-6-16-17(15)21-19(28-16)22-18(24)13-11-12(7-8-14(13)20)29(25,26)23-9-2-3-10-23/h4-8,11H,2-3,9-10H2,1H3,(H,21,22,24). The van der Waals surface area contributed by atoms with E-state index in [0.717, 1.165) is 17.5 Å². The second-order valence-electron chi connectivity index (χ2n) is 6.53. The lowest BCUT2D eigenvalue weighted by atomic mass is 10.2. The molecule has 0 saturated carbocycles. The van der Waals surface area contributed by atoms with Crippen LogP contribution in [0.4, 0.5) is 5.13 Å². The van der Waals surface area contributed by atoms with Crippen LogP contribution in [0, 0.1) is 0 Å². The molecule has 29 heavy (non-hydrogen) atoms. The number of nitrogens with zero attached hydrogens (tertiary/aromatic N) is 2. The molecule has 0 spiro atoms. The Labute approximate surface area is 177 Å². The average molecular weight is 452 g/mol. The minimum absolute atomic E-state index is 0.0555. The van der Waals surface area contributed by atoms with E-state index in [1.807, 2.05) is 12.1 Å². The predicted octanol–water partition coefficient (Wildman–Crippen LogP) is 4.00. The maximum atomic E-state index is 12.8. The monoisotopic (exact) mass is 451 g/mol. The van der Waals surface area contributed by atoms with Crippen LogP contribution in [0.2, 0.25) is 5.02 Å². The van der Waals surface area contributed by atoms with E-state index >= 15 is 0 Å². The van der Waals surface area contributed by atoms with Crippen LogP contribution in [0.25, 0.3) is 10.2 Å². The Balaban J connectivity index is 1.63. The molecule has 152 valence electrons. The lowest BCUT2D eigenvalue weighted by molar-refractivity contribution is 0.102. The Morgan fingerprint density at radius 1 is 1.24 bits per heavy atom. The number of halogens is 1. The molecule has 0 radical (unpaired) electrons. The first-order valence-corrected chi connectivity index (χ1v) is 11.6. The molecule has 1 saturated heterocycles. The SMILES string of the molecule is COc1cccc2sc(NC(=O)c3cc(S(=O)(=O)N4CCCC4)ccc3Cl)nc12. The van der Waals surface area contributed by atoms with Gasteiger partial charge in [-0.3, -0.25) is 10.1 Å². The fourth-order valence-corrected chi connectivity index (χ4v) is 5.85. The van der Waals surface area contributed by atoms with Crippen molar-refractivity contribution in [1.29, 1.82) is 0 Å². The van der Waals surface area contributed by atoms with Gasteiger partial charge in [-0.25, -0.2) is 13.4 Å². The normalized spacial score (nSPS) is 15.0. The number of carbonyl (C=O) groups is 1. The van der Waals surface area contributed by atoms with Crippen molar-refractivity contribution in [2.24, 2.45) is 0 Å². The van der Waals surface area contributed by atoms with Crippen molar-refractivity contribution in [3.63, 3.8) is 0 Å². The summed E-state index contributed by atoms with van der Waals surface area (Å²) in [6.07, 6.45) is 1.67. The molecule has 1 aromatic heterocycles. The number of hydrogen-bond donors (Lipinski definition) is 1. The number of benzene rings is 2. The number of sulfonamides is 1. The van der Waals surface area contributed by atoms with Crippen molar-refractivity contribution in [1.82, 2.24) is 9.29 Å². The highest BCUT2D eigenvalue weighted by atomic mass is 35.5. The molecule has 1 aliphatic heterocycles. The van der Waals surface area contributed by atoms with E-state index in [9.17, 15) is 13.2 Å². The molecule has 0 bridgehead atoms. The molecule has 3 aromatic rings. The van der Waals surface area contributed by atoms with Crippen molar-refractivity contribution in [2.45, 2.75) is 17.7 Å². The van der Waals surface area contributed by atoms with Crippen LogP contribution < -0.4 is 10.1 Å². The summed E-state index contributed by atoms with van der Waals surface area (Å²) in [7, 11) is -2.09. The van der Waals surface area contributed by atoms with E-state index in [4.69, 9.17) is 16.3 Å². The molecule has 1 amide bonds. The van der Waals surface area contributed by atoms with Gasteiger partial charge in [-0.15, -0.1) is 0 Å². The van der Waals surface area contributed by atoms with Crippen LogP contribution in [0.5, 0.6) is 5.75 Å². The number of hydrogen-bond acceptors (Lipinski definition) is 6. The van der Waals surface area contributed by atoms with Crippen LogP contribution >= 0.6 is 22.9 Å². The lowest BCUT2D eigenvalue weighted by Gasteiger charge is -2.16. The number of thiazole rings is 1. The van der Waals surface area contributed by atoms with Gasteiger partial charge in [0.15, 0.2) is 5.13 Å². The zero-order valence-electron chi connectivity index (χ0n) is 15.5. The van der Waals surface area contributed by atoms with E-state index in [1.54, 1.807) is 13.2 Å². The quantitative estimate of drug-likeness (QED) is 0.633. The summed E-state index contributed by atoms with van der Waals surface area (Å²) < 4.78 is 33.2. The smallest absolute Gasteiger partial charge is 0.259 e. The van der Waals surface area contributed by atoms with E-state index in [-0.39, 0.29) is 15.5 Å². The van der Waals surface area contributed by atoms with Gasteiger partial charge in [-0.1, -0.05) is 29.0 Å². The fourth-order valence-electron chi connectivity index (χ4n) is 3.22. The number of aromatic nitrogens is 1. The molecule has 1 aliphatic rings. The Morgan fingerprint density at radius 3 is 2.72 bits per heavy atom. The number of amides is 1. The number of rotatable bonds is 5. The highest BCUT2D eigenvalue weighted by Crippen LogP contribution is 2.33. The maximum absolute atomic E-state index is 12.8. The highest BCUT2D eigenvalue weighted by molar-refractivity contribution is 7.89. The molecule has 7 nitrogen and oxygen atoms in total. The highest BCUT2D eigenvalue weighted by Gasteiger charge is 2.28. The van der Waals surface area contributed by atoms with Crippen molar-refractivity contribution in [3.8, 4) is 5.75 Å². The van der Waals surface area contributed by atoms with E-state index < -0.39 is 15.9 Å². The van der Waals surface area contributed by atoms with Crippen LogP contribution in [0.15, 0.2) is 41.3 Å². The van der Waals surface area contributed by atoms with Crippen molar-refractivity contribution in [2.75, 3.05) is 25.5 Å². The molecule has 0 atom stereocenters. The van der Waals surface area contributed by atoms with E-state index in [2.05, 4.69) is 10.3 Å². The van der Waals surface area contributed by atoms with E-state index in [1.165, 1.54) is 33.8 Å². The number of para-hydroxylation sites is 1. The summed E-state index contributed by atoms with van der Waals surface area (Å²) in [5, 5.41) is 3.25. The largest absolute Gasteiger partial charge is 0.494 e. The van der Waals surface area contributed by atoms with Gasteiger partial charge in [-0.2, -0.15) is 4.31 Å². The molecule has 4 rings (SSSR count). The Bertz CT molecular complexity index is 1190. The van der Waals surface area contributed by atoms with Crippen molar-refractivity contribution in [3.05, 3.63) is 47.0 Å². The second kappa shape index (κ2) is 7.91. The van der Waals surface area contributed by atoms with Crippen LogP contribution in [-0.4, -0.2) is 43.8 Å². The summed E-state index contributed by atoms with van der Waals surface area (Å²) in [5.41, 5.74) is 0.727. The Hall–Kier alpha value is -2.20. The van der Waals surface area contributed by atoms with Crippen molar-refractivity contribution < 1.29 is 17.9 Å². The first kappa shape index (κ1) is 20.1. The molecule has 0 aliphatic carbocycles. The average Bonchev–Trinajstić information content (AvgIpc) is 3.37. The van der Waals surface area contributed by atoms with Gasteiger partial charge in [0.05, 0.1) is 27.3 Å². The number of nitrogens with one attached hydrogen (secondary N) is 1. The molecule has 1 fully saturated rings. The molecular weight excluding hydrogens is 434 g/mol.